The smallest absolute Gasteiger partial charge is 0.144 e. The molecule has 1 saturated heterocycles. The molecule has 3 nitrogen and oxygen atoms in total. The van der Waals surface area contributed by atoms with E-state index in [2.05, 4.69) is 24.0 Å². The zero-order chi connectivity index (χ0) is 14.7. The van der Waals surface area contributed by atoms with Gasteiger partial charge >= 0.3 is 0 Å². The number of hydrogen-bond donors (Lipinski definition) is 1. The van der Waals surface area contributed by atoms with Crippen LogP contribution in [0.4, 0.5) is 11.4 Å². The summed E-state index contributed by atoms with van der Waals surface area (Å²) >= 11 is 0. The molecular weight excluding hydrogens is 260 g/mol. The number of rotatable bonds is 4. The van der Waals surface area contributed by atoms with Crippen molar-refractivity contribution in [3.05, 3.63) is 18.2 Å². The van der Waals surface area contributed by atoms with Gasteiger partial charge in [0.05, 0.1) is 18.0 Å². The van der Waals surface area contributed by atoms with Crippen LogP contribution in [-0.2, 0) is 0 Å². The summed E-state index contributed by atoms with van der Waals surface area (Å²) in [6.45, 7) is 5.13. The van der Waals surface area contributed by atoms with Crippen molar-refractivity contribution in [2.24, 2.45) is 5.41 Å². The summed E-state index contributed by atoms with van der Waals surface area (Å²) in [6.07, 6.45) is 9.41. The van der Waals surface area contributed by atoms with Gasteiger partial charge in [0.15, 0.2) is 0 Å². The van der Waals surface area contributed by atoms with E-state index in [0.717, 1.165) is 43.2 Å². The Hall–Kier alpha value is -1.38. The van der Waals surface area contributed by atoms with Crippen LogP contribution in [0.1, 0.15) is 51.9 Å². The molecule has 0 bridgehead atoms. The molecular formula is C18H28N2O. The summed E-state index contributed by atoms with van der Waals surface area (Å²) in [4.78, 5) is 2.46. The summed E-state index contributed by atoms with van der Waals surface area (Å²) in [6, 6.07) is 6.19. The predicted molar refractivity (Wildman–Crippen MR) is 89.0 cm³/mol. The molecule has 1 heterocycles. The molecule has 0 unspecified atom stereocenters. The third kappa shape index (κ3) is 2.97. The van der Waals surface area contributed by atoms with Gasteiger partial charge in [-0.25, -0.2) is 0 Å². The fourth-order valence-electron chi connectivity index (χ4n) is 3.99. The highest BCUT2D eigenvalue weighted by Crippen LogP contribution is 2.47. The zero-order valence-electron chi connectivity index (χ0n) is 13.2. The molecule has 1 aliphatic carbocycles. The number of para-hydroxylation sites is 1. The minimum absolute atomic E-state index is 0.654. The lowest BCUT2D eigenvalue weighted by Gasteiger charge is -2.41. The average Bonchev–Trinajstić information content (AvgIpc) is 2.96. The number of nitrogen functional groups attached to an aromatic ring is 1. The van der Waals surface area contributed by atoms with Gasteiger partial charge < -0.3 is 15.4 Å². The van der Waals surface area contributed by atoms with Crippen molar-refractivity contribution >= 4 is 11.4 Å². The molecule has 2 N–H and O–H groups in total. The maximum atomic E-state index is 6.33. The molecule has 1 saturated carbocycles. The molecule has 116 valence electrons. The largest absolute Gasteiger partial charge is 0.491 e. The summed E-state index contributed by atoms with van der Waals surface area (Å²) in [5.74, 6) is 0.843. The van der Waals surface area contributed by atoms with Crippen LogP contribution >= 0.6 is 0 Å². The van der Waals surface area contributed by atoms with Crippen LogP contribution in [0.3, 0.4) is 0 Å². The standard InChI is InChI=1S/C18H28N2O/c1-2-14-21-16-7-5-6-15(17(16)19)20-12-10-18(11-13-20)8-3-4-9-18/h5-7H,2-4,8-14,19H2,1H3. The highest BCUT2D eigenvalue weighted by molar-refractivity contribution is 5.74. The molecule has 1 aromatic rings. The molecule has 2 fully saturated rings. The van der Waals surface area contributed by atoms with Gasteiger partial charge in [0.25, 0.3) is 0 Å². The highest BCUT2D eigenvalue weighted by atomic mass is 16.5. The molecule has 0 atom stereocenters. The fraction of sp³-hybridized carbons (Fsp3) is 0.667. The first-order valence-electron chi connectivity index (χ1n) is 8.50. The lowest BCUT2D eigenvalue weighted by Crippen LogP contribution is -2.39. The van der Waals surface area contributed by atoms with Gasteiger partial charge in [-0.15, -0.1) is 0 Å². The monoisotopic (exact) mass is 288 g/mol. The topological polar surface area (TPSA) is 38.5 Å². The van der Waals surface area contributed by atoms with Crippen LogP contribution in [0.25, 0.3) is 0 Å². The van der Waals surface area contributed by atoms with Crippen LogP contribution in [0, 0.1) is 5.41 Å². The SMILES string of the molecule is CCCOc1cccc(N2CCC3(CCCC3)CC2)c1N. The van der Waals surface area contributed by atoms with Crippen LogP contribution in [0.2, 0.25) is 0 Å². The van der Waals surface area contributed by atoms with Crippen molar-refractivity contribution in [3.63, 3.8) is 0 Å². The fourth-order valence-corrected chi connectivity index (χ4v) is 3.99. The quantitative estimate of drug-likeness (QED) is 0.843. The maximum Gasteiger partial charge on any atom is 0.144 e. The Labute approximate surface area is 128 Å². The van der Waals surface area contributed by atoms with E-state index in [0.29, 0.717) is 5.41 Å². The van der Waals surface area contributed by atoms with E-state index in [9.17, 15) is 0 Å². The van der Waals surface area contributed by atoms with Crippen LogP contribution in [0.15, 0.2) is 18.2 Å². The minimum atomic E-state index is 0.654. The van der Waals surface area contributed by atoms with E-state index in [1.165, 1.54) is 38.5 Å². The Morgan fingerprint density at radius 3 is 2.52 bits per heavy atom. The van der Waals surface area contributed by atoms with Crippen molar-refractivity contribution in [1.29, 1.82) is 0 Å². The molecule has 1 spiro atoms. The van der Waals surface area contributed by atoms with Gasteiger partial charge in [-0.05, 0) is 49.7 Å². The second-order valence-corrected chi connectivity index (χ2v) is 6.73. The third-order valence-electron chi connectivity index (χ3n) is 5.33. The van der Waals surface area contributed by atoms with Gasteiger partial charge in [-0.2, -0.15) is 0 Å². The van der Waals surface area contributed by atoms with Gasteiger partial charge in [0.2, 0.25) is 0 Å². The summed E-state index contributed by atoms with van der Waals surface area (Å²) in [5.41, 5.74) is 8.96. The molecule has 0 aromatic heterocycles. The zero-order valence-corrected chi connectivity index (χ0v) is 13.2. The summed E-state index contributed by atoms with van der Waals surface area (Å²) in [5, 5.41) is 0. The summed E-state index contributed by atoms with van der Waals surface area (Å²) in [7, 11) is 0. The Kier molecular flexibility index (Phi) is 4.27. The van der Waals surface area contributed by atoms with Crippen molar-refractivity contribution in [3.8, 4) is 5.75 Å². The molecule has 21 heavy (non-hydrogen) atoms. The van der Waals surface area contributed by atoms with Gasteiger partial charge in [0, 0.05) is 13.1 Å². The van der Waals surface area contributed by atoms with Crippen molar-refractivity contribution in [2.45, 2.75) is 51.9 Å². The number of nitrogens with zero attached hydrogens (tertiary/aromatic N) is 1. The number of ether oxygens (including phenoxy) is 1. The number of hydrogen-bond acceptors (Lipinski definition) is 3. The first-order valence-corrected chi connectivity index (χ1v) is 8.50. The van der Waals surface area contributed by atoms with Crippen molar-refractivity contribution in [2.75, 3.05) is 30.3 Å². The van der Waals surface area contributed by atoms with E-state index in [4.69, 9.17) is 10.5 Å². The van der Waals surface area contributed by atoms with Crippen LogP contribution < -0.4 is 15.4 Å². The Morgan fingerprint density at radius 1 is 1.14 bits per heavy atom. The molecule has 0 radical (unpaired) electrons. The molecule has 0 amide bonds. The highest BCUT2D eigenvalue weighted by Gasteiger charge is 2.37. The molecule has 3 rings (SSSR count). The van der Waals surface area contributed by atoms with Gasteiger partial charge in [0.1, 0.15) is 5.75 Å². The van der Waals surface area contributed by atoms with Gasteiger partial charge in [-0.1, -0.05) is 25.8 Å². The second kappa shape index (κ2) is 6.17. The Bertz CT molecular complexity index is 470. The van der Waals surface area contributed by atoms with Gasteiger partial charge in [-0.3, -0.25) is 0 Å². The molecule has 1 aromatic carbocycles. The van der Waals surface area contributed by atoms with E-state index < -0.39 is 0 Å². The van der Waals surface area contributed by atoms with Crippen molar-refractivity contribution < 1.29 is 4.74 Å². The summed E-state index contributed by atoms with van der Waals surface area (Å²) < 4.78 is 5.76. The van der Waals surface area contributed by atoms with Crippen LogP contribution in [-0.4, -0.2) is 19.7 Å². The average molecular weight is 288 g/mol. The molecule has 2 aliphatic rings. The second-order valence-electron chi connectivity index (χ2n) is 6.73. The molecule has 1 aliphatic heterocycles. The lowest BCUT2D eigenvalue weighted by molar-refractivity contribution is 0.226. The van der Waals surface area contributed by atoms with Crippen LogP contribution in [0.5, 0.6) is 5.75 Å². The Balaban J connectivity index is 1.70. The van der Waals surface area contributed by atoms with E-state index in [1.807, 2.05) is 6.07 Å². The number of nitrogens with two attached hydrogens (primary N) is 1. The number of piperidine rings is 1. The van der Waals surface area contributed by atoms with E-state index >= 15 is 0 Å². The number of anilines is 2. The lowest BCUT2D eigenvalue weighted by atomic mass is 9.77. The number of benzene rings is 1. The normalized spacial score (nSPS) is 20.9. The minimum Gasteiger partial charge on any atom is -0.491 e. The molecule has 3 heteroatoms. The predicted octanol–water partition coefficient (Wildman–Crippen LogP) is 4.22. The van der Waals surface area contributed by atoms with Crippen molar-refractivity contribution in [1.82, 2.24) is 0 Å². The van der Waals surface area contributed by atoms with E-state index in [1.54, 1.807) is 0 Å². The third-order valence-corrected chi connectivity index (χ3v) is 5.33. The van der Waals surface area contributed by atoms with E-state index in [-0.39, 0.29) is 0 Å². The first kappa shape index (κ1) is 14.6. The first-order chi connectivity index (χ1) is 10.2. The Morgan fingerprint density at radius 2 is 1.86 bits per heavy atom. The maximum absolute atomic E-state index is 6.33.